The predicted molar refractivity (Wildman–Crippen MR) is 119 cm³/mol. The summed E-state index contributed by atoms with van der Waals surface area (Å²) in [6, 6.07) is 5.66. The summed E-state index contributed by atoms with van der Waals surface area (Å²) in [6.07, 6.45) is 0.709. The summed E-state index contributed by atoms with van der Waals surface area (Å²) in [5.41, 5.74) is -0.107. The van der Waals surface area contributed by atoms with Crippen molar-refractivity contribution >= 4 is 5.91 Å². The number of methoxy groups -OCH3 is 2. The van der Waals surface area contributed by atoms with Crippen molar-refractivity contribution in [2.75, 3.05) is 27.4 Å². The van der Waals surface area contributed by atoms with Crippen LogP contribution in [0.5, 0.6) is 17.2 Å². The maximum Gasteiger partial charge on any atom is 0.228 e. The number of carbonyl (C=O) groups excluding carboxylic acids is 1. The first-order valence-electron chi connectivity index (χ1n) is 10.6. The molecule has 3 rings (SSSR count). The number of carbonyl (C=O) groups is 1. The minimum Gasteiger partial charge on any atom is -0.504 e. The Morgan fingerprint density at radius 3 is 2.74 bits per heavy atom. The van der Waals surface area contributed by atoms with Crippen LogP contribution >= 0.6 is 0 Å². The van der Waals surface area contributed by atoms with Gasteiger partial charge in [0.05, 0.1) is 19.6 Å². The fourth-order valence-corrected chi connectivity index (χ4v) is 3.39. The van der Waals surface area contributed by atoms with E-state index in [0.29, 0.717) is 36.7 Å². The summed E-state index contributed by atoms with van der Waals surface area (Å²) in [5.74, 6) is -0.521. The lowest BCUT2D eigenvalue weighted by Crippen LogP contribution is -2.27. The number of hydrogen-bond donors (Lipinski definition) is 3. The lowest BCUT2D eigenvalue weighted by atomic mass is 9.91. The van der Waals surface area contributed by atoms with Gasteiger partial charge in [-0.1, -0.05) is 11.2 Å². The Morgan fingerprint density at radius 2 is 2.00 bits per heavy atom. The lowest BCUT2D eigenvalue weighted by Gasteiger charge is -2.18. The molecule has 1 atom stereocenters. The number of rotatable bonds is 11. The Labute approximate surface area is 195 Å². The maximum atomic E-state index is 12.8. The summed E-state index contributed by atoms with van der Waals surface area (Å²) in [6.45, 7) is 2.28. The van der Waals surface area contributed by atoms with Gasteiger partial charge in [-0.3, -0.25) is 9.59 Å². The van der Waals surface area contributed by atoms with Crippen LogP contribution in [-0.2, 0) is 22.4 Å². The van der Waals surface area contributed by atoms with Gasteiger partial charge in [-0.05, 0) is 24.6 Å². The number of aromatic nitrogens is 2. The highest BCUT2D eigenvalue weighted by molar-refractivity contribution is 5.77. The van der Waals surface area contributed by atoms with Crippen LogP contribution in [0.15, 0.2) is 38.0 Å². The van der Waals surface area contributed by atoms with E-state index in [4.69, 9.17) is 18.4 Å². The number of nitrogens with one attached hydrogen (secondary N) is 1. The highest BCUT2D eigenvalue weighted by atomic mass is 16.5. The molecule has 0 aliphatic carbocycles. The molecule has 2 aromatic heterocycles. The summed E-state index contributed by atoms with van der Waals surface area (Å²) in [5, 5.41) is 26.9. The van der Waals surface area contributed by atoms with Crippen molar-refractivity contribution in [1.82, 2.24) is 15.5 Å². The third kappa shape index (κ3) is 6.13. The second-order valence-electron chi connectivity index (χ2n) is 7.57. The third-order valence-corrected chi connectivity index (χ3v) is 5.09. The largest absolute Gasteiger partial charge is 0.504 e. The number of phenols is 1. The molecular formula is C23H27N3O8. The third-order valence-electron chi connectivity index (χ3n) is 5.09. The van der Waals surface area contributed by atoms with Gasteiger partial charge in [-0.15, -0.1) is 0 Å². The number of aryl methyl sites for hydroxylation is 1. The van der Waals surface area contributed by atoms with E-state index in [-0.39, 0.29) is 41.9 Å². The van der Waals surface area contributed by atoms with Gasteiger partial charge in [0.2, 0.25) is 23.0 Å². The SMILES string of the molecule is COCCc1noc(CCNC(=O)C[C@H](c2ccc(O)c(OC)c2)c2oc(C)cc(=O)c2O)n1. The maximum absolute atomic E-state index is 12.8. The summed E-state index contributed by atoms with van der Waals surface area (Å²) in [4.78, 5) is 29.1. The van der Waals surface area contributed by atoms with Crippen LogP contribution in [0.3, 0.4) is 0 Å². The number of hydrogen-bond acceptors (Lipinski definition) is 10. The van der Waals surface area contributed by atoms with Crippen LogP contribution in [0.4, 0.5) is 0 Å². The van der Waals surface area contributed by atoms with Crippen molar-refractivity contribution in [3.8, 4) is 17.2 Å². The smallest absolute Gasteiger partial charge is 0.228 e. The zero-order chi connectivity index (χ0) is 24.7. The van der Waals surface area contributed by atoms with Gasteiger partial charge in [0.1, 0.15) is 5.76 Å². The fourth-order valence-electron chi connectivity index (χ4n) is 3.39. The van der Waals surface area contributed by atoms with Gasteiger partial charge >= 0.3 is 0 Å². The molecule has 1 amide bonds. The number of phenolic OH excluding ortho intramolecular Hbond substituents is 1. The van der Waals surface area contributed by atoms with Gasteiger partial charge in [0.15, 0.2) is 23.1 Å². The monoisotopic (exact) mass is 473 g/mol. The molecule has 182 valence electrons. The van der Waals surface area contributed by atoms with Gasteiger partial charge in [0, 0.05) is 39.0 Å². The summed E-state index contributed by atoms with van der Waals surface area (Å²) >= 11 is 0. The predicted octanol–water partition coefficient (Wildman–Crippen LogP) is 1.82. The second-order valence-corrected chi connectivity index (χ2v) is 7.57. The first-order valence-corrected chi connectivity index (χ1v) is 10.6. The van der Waals surface area contributed by atoms with Crippen molar-refractivity contribution in [3.63, 3.8) is 0 Å². The van der Waals surface area contributed by atoms with Crippen LogP contribution in [-0.4, -0.2) is 53.6 Å². The molecule has 34 heavy (non-hydrogen) atoms. The molecule has 0 aliphatic heterocycles. The van der Waals surface area contributed by atoms with Crippen LogP contribution in [0.25, 0.3) is 0 Å². The van der Waals surface area contributed by atoms with E-state index in [1.54, 1.807) is 20.1 Å². The first-order chi connectivity index (χ1) is 16.3. The molecule has 1 aromatic carbocycles. The van der Waals surface area contributed by atoms with Crippen molar-refractivity contribution < 1.29 is 33.4 Å². The summed E-state index contributed by atoms with van der Waals surface area (Å²) < 4.78 is 20.9. The summed E-state index contributed by atoms with van der Waals surface area (Å²) in [7, 11) is 2.97. The topological polar surface area (TPSA) is 157 Å². The normalized spacial score (nSPS) is 11.9. The number of aromatic hydroxyl groups is 2. The van der Waals surface area contributed by atoms with Crippen molar-refractivity contribution in [2.45, 2.75) is 32.1 Å². The minimum absolute atomic E-state index is 0.0485. The molecule has 11 nitrogen and oxygen atoms in total. The molecular weight excluding hydrogens is 446 g/mol. The first kappa shape index (κ1) is 24.8. The molecule has 0 saturated carbocycles. The second kappa shape index (κ2) is 11.3. The molecule has 0 spiro atoms. The highest BCUT2D eigenvalue weighted by Gasteiger charge is 2.26. The van der Waals surface area contributed by atoms with Gasteiger partial charge in [0.25, 0.3) is 0 Å². The molecule has 3 aromatic rings. The van der Waals surface area contributed by atoms with E-state index in [0.717, 1.165) is 0 Å². The number of benzene rings is 1. The van der Waals surface area contributed by atoms with Crippen molar-refractivity contribution in [2.24, 2.45) is 0 Å². The van der Waals surface area contributed by atoms with Gasteiger partial charge in [-0.2, -0.15) is 4.98 Å². The minimum atomic E-state index is -0.814. The van der Waals surface area contributed by atoms with Crippen LogP contribution in [0.1, 0.15) is 41.1 Å². The Balaban J connectivity index is 1.76. The quantitative estimate of drug-likeness (QED) is 0.375. The Hall–Kier alpha value is -3.86. The van der Waals surface area contributed by atoms with E-state index in [9.17, 15) is 19.8 Å². The van der Waals surface area contributed by atoms with Crippen LogP contribution < -0.4 is 15.5 Å². The molecule has 0 fully saturated rings. The average molecular weight is 473 g/mol. The average Bonchev–Trinajstić information content (AvgIpc) is 3.26. The van der Waals surface area contributed by atoms with Gasteiger partial charge < -0.3 is 33.9 Å². The zero-order valence-electron chi connectivity index (χ0n) is 19.2. The molecule has 11 heteroatoms. The van der Waals surface area contributed by atoms with Crippen molar-refractivity contribution in [1.29, 1.82) is 0 Å². The zero-order valence-corrected chi connectivity index (χ0v) is 19.2. The Kier molecular flexibility index (Phi) is 8.25. The highest BCUT2D eigenvalue weighted by Crippen LogP contribution is 2.37. The molecule has 0 bridgehead atoms. The molecule has 0 saturated heterocycles. The van der Waals surface area contributed by atoms with E-state index in [1.807, 2.05) is 0 Å². The number of nitrogens with zero attached hydrogens (tertiary/aromatic N) is 2. The van der Waals surface area contributed by atoms with E-state index in [2.05, 4.69) is 15.5 Å². The van der Waals surface area contributed by atoms with E-state index in [1.165, 1.54) is 25.3 Å². The van der Waals surface area contributed by atoms with Gasteiger partial charge in [-0.25, -0.2) is 0 Å². The Bertz CT molecular complexity index is 1190. The lowest BCUT2D eigenvalue weighted by molar-refractivity contribution is -0.121. The van der Waals surface area contributed by atoms with E-state index >= 15 is 0 Å². The van der Waals surface area contributed by atoms with Crippen molar-refractivity contribution in [3.05, 3.63) is 63.3 Å². The standard InChI is InChI=1S/C23H27N3O8/c1-13-10-17(28)22(30)23(33-13)15(14-4-5-16(27)18(11-14)32-3)12-20(29)24-8-6-21-25-19(26-34-21)7-9-31-2/h4-5,10-11,15,27,30H,6-9,12H2,1-3H3,(H,24,29)/t15-/m1/s1. The van der Waals surface area contributed by atoms with Crippen LogP contribution in [0.2, 0.25) is 0 Å². The molecule has 0 aliphatic rings. The number of ether oxygens (including phenoxy) is 2. The Morgan fingerprint density at radius 1 is 1.21 bits per heavy atom. The molecule has 0 unspecified atom stereocenters. The molecule has 0 radical (unpaired) electrons. The number of amides is 1. The molecule has 2 heterocycles. The van der Waals surface area contributed by atoms with E-state index < -0.39 is 17.1 Å². The fraction of sp³-hybridized carbons (Fsp3) is 0.391. The molecule has 3 N–H and O–H groups in total. The van der Waals surface area contributed by atoms with Crippen LogP contribution in [0, 0.1) is 6.92 Å².